The highest BCUT2D eigenvalue weighted by molar-refractivity contribution is 7.89. The third-order valence-electron chi connectivity index (χ3n) is 4.93. The van der Waals surface area contributed by atoms with Gasteiger partial charge in [0.05, 0.1) is 11.9 Å². The van der Waals surface area contributed by atoms with Crippen LogP contribution in [0.5, 0.6) is 0 Å². The van der Waals surface area contributed by atoms with E-state index in [2.05, 4.69) is 14.8 Å². The van der Waals surface area contributed by atoms with Crippen LogP contribution in [0.2, 0.25) is 0 Å². The van der Waals surface area contributed by atoms with E-state index in [0.717, 1.165) is 24.8 Å². The first-order chi connectivity index (χ1) is 12.0. The van der Waals surface area contributed by atoms with Crippen LogP contribution in [0.25, 0.3) is 0 Å². The molecule has 4 rings (SSSR count). The SMILES string of the molecule is O=c1ccc(C2CC2)nn1CC1CCN(S(=O)(=O)c2cnoc2)CC1. The van der Waals surface area contributed by atoms with Crippen molar-refractivity contribution in [3.8, 4) is 0 Å². The predicted molar refractivity (Wildman–Crippen MR) is 88.5 cm³/mol. The summed E-state index contributed by atoms with van der Waals surface area (Å²) >= 11 is 0. The predicted octanol–water partition coefficient (Wildman–Crippen LogP) is 1.21. The molecule has 0 spiro atoms. The molecule has 1 aliphatic heterocycles. The van der Waals surface area contributed by atoms with Crippen LogP contribution in [-0.4, -0.2) is 40.7 Å². The topological polar surface area (TPSA) is 98.3 Å². The second kappa shape index (κ2) is 6.38. The van der Waals surface area contributed by atoms with Crippen LogP contribution in [0.15, 0.2) is 38.8 Å². The lowest BCUT2D eigenvalue weighted by atomic mass is 9.98. The molecule has 3 heterocycles. The molecule has 1 saturated carbocycles. The minimum absolute atomic E-state index is 0.0842. The largest absolute Gasteiger partial charge is 0.363 e. The van der Waals surface area contributed by atoms with Crippen LogP contribution < -0.4 is 5.56 Å². The van der Waals surface area contributed by atoms with Crippen LogP contribution >= 0.6 is 0 Å². The summed E-state index contributed by atoms with van der Waals surface area (Å²) in [5.74, 6) is 0.746. The van der Waals surface area contributed by atoms with Gasteiger partial charge in [-0.3, -0.25) is 4.79 Å². The third kappa shape index (κ3) is 3.38. The molecule has 0 unspecified atom stereocenters. The summed E-state index contributed by atoms with van der Waals surface area (Å²) in [4.78, 5) is 12.1. The minimum atomic E-state index is -3.54. The van der Waals surface area contributed by atoms with Gasteiger partial charge >= 0.3 is 0 Å². The van der Waals surface area contributed by atoms with E-state index in [1.807, 2.05) is 6.07 Å². The van der Waals surface area contributed by atoms with Crippen LogP contribution in [0.1, 0.15) is 37.3 Å². The molecule has 0 N–H and O–H groups in total. The van der Waals surface area contributed by atoms with Gasteiger partial charge in [0.1, 0.15) is 11.2 Å². The minimum Gasteiger partial charge on any atom is -0.363 e. The molecular weight excluding hydrogens is 344 g/mol. The van der Waals surface area contributed by atoms with Crippen molar-refractivity contribution in [1.82, 2.24) is 19.2 Å². The van der Waals surface area contributed by atoms with Gasteiger partial charge in [0.15, 0.2) is 0 Å². The van der Waals surface area contributed by atoms with Crippen molar-refractivity contribution < 1.29 is 12.9 Å². The molecule has 2 aromatic heterocycles. The number of rotatable bonds is 5. The van der Waals surface area contributed by atoms with Gasteiger partial charge in [-0.25, -0.2) is 13.1 Å². The summed E-state index contributed by atoms with van der Waals surface area (Å²) in [5.41, 5.74) is 0.899. The molecular formula is C16H20N4O4S. The van der Waals surface area contributed by atoms with Crippen LogP contribution in [0.3, 0.4) is 0 Å². The smallest absolute Gasteiger partial charge is 0.266 e. The van der Waals surface area contributed by atoms with E-state index in [-0.39, 0.29) is 16.4 Å². The Hall–Kier alpha value is -2.00. The number of nitrogens with zero attached hydrogens (tertiary/aromatic N) is 4. The van der Waals surface area contributed by atoms with Gasteiger partial charge in [-0.2, -0.15) is 9.40 Å². The van der Waals surface area contributed by atoms with Gasteiger partial charge < -0.3 is 4.52 Å². The fraction of sp³-hybridized carbons (Fsp3) is 0.562. The molecule has 0 atom stereocenters. The normalized spacial score (nSPS) is 20.0. The van der Waals surface area contributed by atoms with Gasteiger partial charge in [-0.1, -0.05) is 5.16 Å². The van der Waals surface area contributed by atoms with E-state index in [9.17, 15) is 13.2 Å². The Morgan fingerprint density at radius 1 is 1.16 bits per heavy atom. The average molecular weight is 364 g/mol. The van der Waals surface area contributed by atoms with Crippen molar-refractivity contribution in [1.29, 1.82) is 0 Å². The highest BCUT2D eigenvalue weighted by atomic mass is 32.2. The van der Waals surface area contributed by atoms with Crippen molar-refractivity contribution in [2.75, 3.05) is 13.1 Å². The molecule has 0 amide bonds. The maximum absolute atomic E-state index is 12.5. The highest BCUT2D eigenvalue weighted by Crippen LogP contribution is 2.38. The summed E-state index contributed by atoms with van der Waals surface area (Å²) in [6, 6.07) is 3.41. The summed E-state index contributed by atoms with van der Waals surface area (Å²) in [7, 11) is -3.54. The fourth-order valence-electron chi connectivity index (χ4n) is 3.24. The van der Waals surface area contributed by atoms with Crippen molar-refractivity contribution >= 4 is 10.0 Å². The molecule has 2 aliphatic rings. The number of hydrogen-bond donors (Lipinski definition) is 0. The summed E-state index contributed by atoms with van der Waals surface area (Å²) in [5, 5.41) is 7.95. The number of sulfonamides is 1. The maximum Gasteiger partial charge on any atom is 0.266 e. The Morgan fingerprint density at radius 2 is 1.92 bits per heavy atom. The molecule has 2 fully saturated rings. The maximum atomic E-state index is 12.5. The van der Waals surface area contributed by atoms with E-state index in [4.69, 9.17) is 0 Å². The van der Waals surface area contributed by atoms with E-state index in [1.54, 1.807) is 10.7 Å². The molecule has 25 heavy (non-hydrogen) atoms. The standard InChI is InChI=1S/C16H20N4O4S/c21-16-4-3-15(13-1-2-13)18-20(16)10-12-5-7-19(8-6-12)25(22,23)14-9-17-24-11-14/h3-4,9,11-13H,1-2,5-8,10H2. The molecule has 0 aromatic carbocycles. The zero-order valence-electron chi connectivity index (χ0n) is 13.7. The summed E-state index contributed by atoms with van der Waals surface area (Å²) in [6.45, 7) is 1.39. The summed E-state index contributed by atoms with van der Waals surface area (Å²) in [6.07, 6.45) is 6.05. The highest BCUT2D eigenvalue weighted by Gasteiger charge is 2.31. The van der Waals surface area contributed by atoms with Gasteiger partial charge in [0.25, 0.3) is 5.56 Å². The van der Waals surface area contributed by atoms with Crippen LogP contribution in [0.4, 0.5) is 0 Å². The zero-order valence-corrected chi connectivity index (χ0v) is 14.6. The Balaban J connectivity index is 1.41. The Morgan fingerprint density at radius 3 is 2.56 bits per heavy atom. The summed E-state index contributed by atoms with van der Waals surface area (Å²) < 4.78 is 32.5. The first-order valence-electron chi connectivity index (χ1n) is 8.51. The Kier molecular flexibility index (Phi) is 4.20. The quantitative estimate of drug-likeness (QED) is 0.791. The zero-order chi connectivity index (χ0) is 17.4. The van der Waals surface area contributed by atoms with Crippen LogP contribution in [0, 0.1) is 5.92 Å². The molecule has 9 heteroatoms. The lowest BCUT2D eigenvalue weighted by Gasteiger charge is -2.30. The second-order valence-electron chi connectivity index (χ2n) is 6.76. The number of hydrogen-bond acceptors (Lipinski definition) is 6. The lowest BCUT2D eigenvalue weighted by Crippen LogP contribution is -2.40. The fourth-order valence-corrected chi connectivity index (χ4v) is 4.57. The molecule has 2 aromatic rings. The second-order valence-corrected chi connectivity index (χ2v) is 8.70. The van der Waals surface area contributed by atoms with E-state index >= 15 is 0 Å². The van der Waals surface area contributed by atoms with Crippen molar-refractivity contribution in [3.63, 3.8) is 0 Å². The average Bonchev–Trinajstić information content (AvgIpc) is 3.30. The molecule has 134 valence electrons. The molecule has 0 radical (unpaired) electrons. The van der Waals surface area contributed by atoms with Gasteiger partial charge in [-0.05, 0) is 37.7 Å². The molecule has 8 nitrogen and oxygen atoms in total. The number of aromatic nitrogens is 3. The van der Waals surface area contributed by atoms with E-state index in [1.165, 1.54) is 10.5 Å². The van der Waals surface area contributed by atoms with Crippen molar-refractivity contribution in [2.24, 2.45) is 5.92 Å². The monoisotopic (exact) mass is 364 g/mol. The Bertz CT molecular complexity index is 894. The van der Waals surface area contributed by atoms with Gasteiger partial charge in [0.2, 0.25) is 10.0 Å². The Labute approximate surface area is 145 Å². The van der Waals surface area contributed by atoms with Crippen molar-refractivity contribution in [3.05, 3.63) is 40.6 Å². The van der Waals surface area contributed by atoms with E-state index in [0.29, 0.717) is 38.4 Å². The van der Waals surface area contributed by atoms with Crippen LogP contribution in [-0.2, 0) is 16.6 Å². The third-order valence-corrected chi connectivity index (χ3v) is 6.78. The first kappa shape index (κ1) is 16.5. The lowest BCUT2D eigenvalue weighted by molar-refractivity contribution is 0.244. The van der Waals surface area contributed by atoms with Crippen molar-refractivity contribution in [2.45, 2.75) is 43.0 Å². The van der Waals surface area contributed by atoms with Gasteiger partial charge in [0, 0.05) is 31.6 Å². The first-order valence-corrected chi connectivity index (χ1v) is 9.95. The molecule has 0 bridgehead atoms. The number of piperidine rings is 1. The van der Waals surface area contributed by atoms with E-state index < -0.39 is 10.0 Å². The molecule has 1 aliphatic carbocycles. The van der Waals surface area contributed by atoms with Gasteiger partial charge in [-0.15, -0.1) is 0 Å². The molecule has 1 saturated heterocycles.